The summed E-state index contributed by atoms with van der Waals surface area (Å²) in [7, 11) is 0. The van der Waals surface area contributed by atoms with E-state index < -0.39 is 0 Å². The van der Waals surface area contributed by atoms with Crippen LogP contribution in [-0.2, 0) is 11.8 Å². The van der Waals surface area contributed by atoms with Gasteiger partial charge in [0.1, 0.15) is 0 Å². The normalized spacial score (nSPS) is 13.2. The largest absolute Gasteiger partial charge is 0.271 e. The van der Waals surface area contributed by atoms with E-state index in [-0.39, 0.29) is 11.5 Å². The number of rotatable bonds is 4. The van der Waals surface area contributed by atoms with Gasteiger partial charge in [-0.2, -0.15) is 0 Å². The average Bonchev–Trinajstić information content (AvgIpc) is 2.44. The highest BCUT2D eigenvalue weighted by Gasteiger charge is 2.15. The predicted octanol–water partition coefficient (Wildman–Crippen LogP) is 4.49. The van der Waals surface area contributed by atoms with Crippen LogP contribution in [0.15, 0.2) is 53.0 Å². The summed E-state index contributed by atoms with van der Waals surface area (Å²) in [5.74, 6) is 5.75. The van der Waals surface area contributed by atoms with Gasteiger partial charge in [-0.1, -0.05) is 73.1 Å². The van der Waals surface area contributed by atoms with Gasteiger partial charge < -0.3 is 0 Å². The monoisotopic (exact) mass is 346 g/mol. The molecule has 1 atom stereocenters. The second kappa shape index (κ2) is 6.73. The van der Waals surface area contributed by atoms with Gasteiger partial charge >= 0.3 is 0 Å². The zero-order valence-electron chi connectivity index (χ0n) is 12.9. The molecule has 0 fully saturated rings. The van der Waals surface area contributed by atoms with Crippen LogP contribution in [0, 0.1) is 0 Å². The van der Waals surface area contributed by atoms with E-state index in [1.807, 2.05) is 6.07 Å². The maximum atomic E-state index is 5.75. The van der Waals surface area contributed by atoms with Crippen LogP contribution in [0.25, 0.3) is 0 Å². The Kier molecular flexibility index (Phi) is 5.20. The van der Waals surface area contributed by atoms with Crippen molar-refractivity contribution in [2.45, 2.75) is 38.6 Å². The quantitative estimate of drug-likeness (QED) is 0.632. The molecule has 21 heavy (non-hydrogen) atoms. The molecule has 0 bridgehead atoms. The van der Waals surface area contributed by atoms with Crippen LogP contribution in [-0.4, -0.2) is 0 Å². The predicted molar refractivity (Wildman–Crippen MR) is 93.1 cm³/mol. The summed E-state index contributed by atoms with van der Waals surface area (Å²) >= 11 is 3.51. The average molecular weight is 347 g/mol. The first kappa shape index (κ1) is 16.2. The number of halogens is 1. The van der Waals surface area contributed by atoms with Crippen LogP contribution >= 0.6 is 15.9 Å². The molecule has 0 aliphatic rings. The van der Waals surface area contributed by atoms with Crippen molar-refractivity contribution in [2.75, 3.05) is 0 Å². The Labute approximate surface area is 135 Å². The van der Waals surface area contributed by atoms with Crippen LogP contribution < -0.4 is 11.3 Å². The van der Waals surface area contributed by atoms with Gasteiger partial charge in [-0.15, -0.1) is 0 Å². The Morgan fingerprint density at radius 3 is 2.29 bits per heavy atom. The topological polar surface area (TPSA) is 38.0 Å². The van der Waals surface area contributed by atoms with Gasteiger partial charge in [0.25, 0.3) is 0 Å². The minimum atomic E-state index is 0.119. The summed E-state index contributed by atoms with van der Waals surface area (Å²) in [5.41, 5.74) is 6.91. The van der Waals surface area contributed by atoms with Crippen LogP contribution in [0.1, 0.15) is 43.5 Å². The fourth-order valence-corrected chi connectivity index (χ4v) is 2.83. The molecule has 0 saturated heterocycles. The number of hydrazine groups is 1. The van der Waals surface area contributed by atoms with Crippen molar-refractivity contribution >= 4 is 15.9 Å². The van der Waals surface area contributed by atoms with Gasteiger partial charge in [0, 0.05) is 10.5 Å². The molecule has 0 heterocycles. The van der Waals surface area contributed by atoms with Crippen molar-refractivity contribution in [3.63, 3.8) is 0 Å². The molecule has 0 aromatic heterocycles. The van der Waals surface area contributed by atoms with Gasteiger partial charge in [0.2, 0.25) is 0 Å². The molecule has 3 N–H and O–H groups in total. The van der Waals surface area contributed by atoms with Gasteiger partial charge in [0.15, 0.2) is 0 Å². The van der Waals surface area contributed by atoms with Crippen LogP contribution in [0.2, 0.25) is 0 Å². The fraction of sp³-hybridized carbons (Fsp3) is 0.333. The Morgan fingerprint density at radius 2 is 1.76 bits per heavy atom. The van der Waals surface area contributed by atoms with Gasteiger partial charge in [0.05, 0.1) is 0 Å². The van der Waals surface area contributed by atoms with Gasteiger partial charge in [-0.05, 0) is 40.7 Å². The van der Waals surface area contributed by atoms with Gasteiger partial charge in [-0.3, -0.25) is 11.3 Å². The smallest absolute Gasteiger partial charge is 0.0500 e. The maximum absolute atomic E-state index is 5.75. The molecule has 0 spiro atoms. The van der Waals surface area contributed by atoms with Crippen LogP contribution in [0.4, 0.5) is 0 Å². The molecule has 0 aliphatic heterocycles. The third-order valence-electron chi connectivity index (χ3n) is 3.71. The Bertz CT molecular complexity index is 585. The molecule has 0 saturated carbocycles. The van der Waals surface area contributed by atoms with Crippen LogP contribution in [0.5, 0.6) is 0 Å². The lowest BCUT2D eigenvalue weighted by Gasteiger charge is -2.21. The summed E-state index contributed by atoms with van der Waals surface area (Å²) in [4.78, 5) is 0. The molecule has 2 rings (SSSR count). The summed E-state index contributed by atoms with van der Waals surface area (Å²) in [6.45, 7) is 6.67. The summed E-state index contributed by atoms with van der Waals surface area (Å²) in [5, 5.41) is 0. The summed E-state index contributed by atoms with van der Waals surface area (Å²) < 4.78 is 1.10. The molecule has 0 radical (unpaired) electrons. The second-order valence-electron chi connectivity index (χ2n) is 6.43. The molecule has 2 aromatic carbocycles. The lowest BCUT2D eigenvalue weighted by Crippen LogP contribution is -2.29. The highest BCUT2D eigenvalue weighted by Crippen LogP contribution is 2.25. The van der Waals surface area contributed by atoms with E-state index in [0.29, 0.717) is 0 Å². The van der Waals surface area contributed by atoms with Crippen LogP contribution in [0.3, 0.4) is 0 Å². The molecule has 1 unspecified atom stereocenters. The minimum Gasteiger partial charge on any atom is -0.271 e. The highest BCUT2D eigenvalue weighted by molar-refractivity contribution is 9.10. The first-order valence-electron chi connectivity index (χ1n) is 7.21. The molecular formula is C18H23BrN2. The van der Waals surface area contributed by atoms with Crippen molar-refractivity contribution in [2.24, 2.45) is 5.84 Å². The van der Waals surface area contributed by atoms with Crippen molar-refractivity contribution in [1.82, 2.24) is 5.43 Å². The first-order chi connectivity index (χ1) is 9.90. The van der Waals surface area contributed by atoms with E-state index in [0.717, 1.165) is 10.9 Å². The number of nitrogens with two attached hydrogens (primary N) is 1. The Hall–Kier alpha value is -1.16. The zero-order valence-corrected chi connectivity index (χ0v) is 14.4. The standard InChI is InChI=1S/C18H23BrN2/c1-18(2,3)15-9-7-14(8-10-15)17(21-20)12-13-5-4-6-16(19)11-13/h4-11,17,21H,12,20H2,1-3H3. The van der Waals surface area contributed by atoms with E-state index in [1.54, 1.807) is 0 Å². The Balaban J connectivity index is 2.18. The molecular weight excluding hydrogens is 324 g/mol. The van der Waals surface area contributed by atoms with E-state index in [9.17, 15) is 0 Å². The van der Waals surface area contributed by atoms with E-state index >= 15 is 0 Å². The molecule has 2 nitrogen and oxygen atoms in total. The van der Waals surface area contributed by atoms with Crippen molar-refractivity contribution in [3.05, 3.63) is 69.7 Å². The third kappa shape index (κ3) is 4.40. The zero-order chi connectivity index (χ0) is 15.5. The van der Waals surface area contributed by atoms with E-state index in [4.69, 9.17) is 5.84 Å². The minimum absolute atomic E-state index is 0.119. The first-order valence-corrected chi connectivity index (χ1v) is 8.00. The third-order valence-corrected chi connectivity index (χ3v) is 4.20. The summed E-state index contributed by atoms with van der Waals surface area (Å²) in [6, 6.07) is 17.2. The van der Waals surface area contributed by atoms with Gasteiger partial charge in [-0.25, -0.2) is 0 Å². The number of benzene rings is 2. The number of hydrogen-bond acceptors (Lipinski definition) is 2. The number of hydrogen-bond donors (Lipinski definition) is 2. The number of nitrogens with one attached hydrogen (secondary N) is 1. The van der Waals surface area contributed by atoms with E-state index in [2.05, 4.69) is 84.6 Å². The molecule has 112 valence electrons. The van der Waals surface area contributed by atoms with Crippen molar-refractivity contribution in [3.8, 4) is 0 Å². The summed E-state index contributed by atoms with van der Waals surface area (Å²) in [6.07, 6.45) is 0.866. The van der Waals surface area contributed by atoms with E-state index in [1.165, 1.54) is 16.7 Å². The lowest BCUT2D eigenvalue weighted by atomic mass is 9.86. The Morgan fingerprint density at radius 1 is 1.10 bits per heavy atom. The fourth-order valence-electron chi connectivity index (χ4n) is 2.39. The molecule has 3 heteroatoms. The second-order valence-corrected chi connectivity index (χ2v) is 7.34. The van der Waals surface area contributed by atoms with Crippen molar-refractivity contribution < 1.29 is 0 Å². The molecule has 2 aromatic rings. The molecule has 0 aliphatic carbocycles. The SMILES string of the molecule is CC(C)(C)c1ccc(C(Cc2cccc(Br)c2)NN)cc1. The lowest BCUT2D eigenvalue weighted by molar-refractivity contribution is 0.549. The maximum Gasteiger partial charge on any atom is 0.0500 e. The molecule has 0 amide bonds. The van der Waals surface area contributed by atoms with Crippen molar-refractivity contribution in [1.29, 1.82) is 0 Å². The highest BCUT2D eigenvalue weighted by atomic mass is 79.9.